The number of pyridine rings is 2. The summed E-state index contributed by atoms with van der Waals surface area (Å²) in [6.45, 7) is 3.66. The van der Waals surface area contributed by atoms with Crippen molar-refractivity contribution in [1.29, 1.82) is 0 Å². The minimum Gasteiger partial charge on any atom is -0.385 e. The van der Waals surface area contributed by atoms with Crippen LogP contribution in [0.1, 0.15) is 70.2 Å². The molecule has 0 fully saturated rings. The van der Waals surface area contributed by atoms with E-state index >= 15 is 0 Å². The molecule has 1 aromatic carbocycles. The lowest BCUT2D eigenvalue weighted by Gasteiger charge is -2.14. The number of Topliss-reactive ketones (excluding diaryl/α,β-unsaturated/α-hetero) is 1. The number of hydrogen-bond donors (Lipinski definition) is 0. The fourth-order valence-corrected chi connectivity index (χ4v) is 4.28. The maximum atomic E-state index is 13.4. The third-order valence-corrected chi connectivity index (χ3v) is 6.45. The van der Waals surface area contributed by atoms with Crippen molar-refractivity contribution in [3.63, 3.8) is 0 Å². The van der Waals surface area contributed by atoms with Gasteiger partial charge in [0.2, 0.25) is 0 Å². The highest BCUT2D eigenvalue weighted by Gasteiger charge is 2.32. The van der Waals surface area contributed by atoms with Gasteiger partial charge in [-0.1, -0.05) is 24.2 Å². The molecule has 1 aliphatic rings. The first-order chi connectivity index (χ1) is 18.7. The van der Waals surface area contributed by atoms with Gasteiger partial charge in [-0.25, -0.2) is 9.97 Å². The highest BCUT2D eigenvalue weighted by atomic mass is 19.4. The van der Waals surface area contributed by atoms with Crippen LogP contribution in [-0.2, 0) is 11.0 Å². The van der Waals surface area contributed by atoms with Gasteiger partial charge in [-0.05, 0) is 60.4 Å². The lowest BCUT2D eigenvalue weighted by atomic mass is 9.91. The fraction of sp³-hybridized carbons (Fsp3) is 0.241. The van der Waals surface area contributed by atoms with Gasteiger partial charge in [0.1, 0.15) is 5.69 Å². The molecule has 0 aliphatic carbocycles. The first-order valence-corrected chi connectivity index (χ1v) is 12.3. The standard InChI is InChI=1S/C29H24F3N5O2/c1-17-14-35-28(36-15-17)22-11-20(24-13-26(39-37-24)23-5-3-4-8-33-23)10-21(12-22)25(38)9-18(2)19-6-7-27(34-16-19)29(30,31)32/h3-8,10-12,14-16,18,26H,9,13H2,1-2H3/t18-,26?/m0/s1. The molecule has 198 valence electrons. The molecule has 3 aromatic heterocycles. The normalized spacial score (nSPS) is 15.9. The number of hydrogen-bond acceptors (Lipinski definition) is 7. The molecule has 10 heteroatoms. The summed E-state index contributed by atoms with van der Waals surface area (Å²) in [6.07, 6.45) is 1.94. The number of alkyl halides is 3. The second-order valence-electron chi connectivity index (χ2n) is 9.48. The lowest BCUT2D eigenvalue weighted by molar-refractivity contribution is -0.141. The summed E-state index contributed by atoms with van der Waals surface area (Å²) in [5.41, 5.74) is 3.65. The number of aromatic nitrogens is 4. The van der Waals surface area contributed by atoms with Crippen molar-refractivity contribution in [3.05, 3.63) is 107 Å². The van der Waals surface area contributed by atoms with E-state index < -0.39 is 11.9 Å². The van der Waals surface area contributed by atoms with Crippen LogP contribution in [0, 0.1) is 6.92 Å². The summed E-state index contributed by atoms with van der Waals surface area (Å²) < 4.78 is 38.7. The van der Waals surface area contributed by atoms with Gasteiger partial charge in [-0.3, -0.25) is 14.8 Å². The average Bonchev–Trinajstić information content (AvgIpc) is 3.44. The number of nitrogens with zero attached hydrogens (tertiary/aromatic N) is 5. The second-order valence-corrected chi connectivity index (χ2v) is 9.48. The van der Waals surface area contributed by atoms with Crippen LogP contribution in [0.25, 0.3) is 11.4 Å². The van der Waals surface area contributed by atoms with Crippen LogP contribution in [0.5, 0.6) is 0 Å². The highest BCUT2D eigenvalue weighted by Crippen LogP contribution is 2.32. The molecular weight excluding hydrogens is 507 g/mol. The van der Waals surface area contributed by atoms with Crippen LogP contribution >= 0.6 is 0 Å². The number of aryl methyl sites for hydroxylation is 1. The summed E-state index contributed by atoms with van der Waals surface area (Å²) in [6, 6.07) is 13.2. The topological polar surface area (TPSA) is 90.2 Å². The Balaban J connectivity index is 1.42. The van der Waals surface area contributed by atoms with Gasteiger partial charge in [0.15, 0.2) is 17.7 Å². The Morgan fingerprint density at radius 3 is 2.44 bits per heavy atom. The van der Waals surface area contributed by atoms with Crippen molar-refractivity contribution in [2.75, 3.05) is 0 Å². The molecule has 0 radical (unpaired) electrons. The van der Waals surface area contributed by atoms with Crippen molar-refractivity contribution in [1.82, 2.24) is 19.9 Å². The third kappa shape index (κ3) is 6.00. The molecule has 5 rings (SSSR count). The zero-order valence-corrected chi connectivity index (χ0v) is 21.2. The highest BCUT2D eigenvalue weighted by molar-refractivity contribution is 6.05. The molecule has 0 bridgehead atoms. The second kappa shape index (κ2) is 10.7. The van der Waals surface area contributed by atoms with Crippen LogP contribution in [0.4, 0.5) is 13.2 Å². The van der Waals surface area contributed by atoms with Gasteiger partial charge in [0.25, 0.3) is 0 Å². The van der Waals surface area contributed by atoms with Crippen LogP contribution in [0.2, 0.25) is 0 Å². The molecule has 0 spiro atoms. The Labute approximate surface area is 222 Å². The van der Waals surface area contributed by atoms with E-state index in [9.17, 15) is 18.0 Å². The van der Waals surface area contributed by atoms with Gasteiger partial charge in [-0.15, -0.1) is 0 Å². The van der Waals surface area contributed by atoms with E-state index in [-0.39, 0.29) is 24.2 Å². The van der Waals surface area contributed by atoms with Crippen molar-refractivity contribution in [3.8, 4) is 11.4 Å². The molecule has 0 amide bonds. The quantitative estimate of drug-likeness (QED) is 0.253. The van der Waals surface area contributed by atoms with E-state index in [4.69, 9.17) is 4.84 Å². The predicted molar refractivity (Wildman–Crippen MR) is 138 cm³/mol. The number of halogens is 3. The Hall–Kier alpha value is -4.47. The molecular formula is C29H24F3N5O2. The Bertz CT molecular complexity index is 1510. The first kappa shape index (κ1) is 26.1. The average molecular weight is 532 g/mol. The van der Waals surface area contributed by atoms with Gasteiger partial charge < -0.3 is 4.84 Å². The summed E-state index contributed by atoms with van der Waals surface area (Å²) in [5.74, 6) is -0.0774. The number of rotatable bonds is 7. The first-order valence-electron chi connectivity index (χ1n) is 12.3. The maximum absolute atomic E-state index is 13.4. The largest absolute Gasteiger partial charge is 0.433 e. The van der Waals surface area contributed by atoms with Crippen LogP contribution < -0.4 is 0 Å². The van der Waals surface area contributed by atoms with Crippen LogP contribution in [-0.4, -0.2) is 31.4 Å². The Morgan fingerprint density at radius 1 is 1.00 bits per heavy atom. The zero-order valence-electron chi connectivity index (χ0n) is 21.2. The van der Waals surface area contributed by atoms with Gasteiger partial charge >= 0.3 is 6.18 Å². The molecule has 4 heterocycles. The summed E-state index contributed by atoms with van der Waals surface area (Å²) >= 11 is 0. The van der Waals surface area contributed by atoms with Crippen molar-refractivity contribution >= 4 is 11.5 Å². The summed E-state index contributed by atoms with van der Waals surface area (Å²) in [5, 5.41) is 4.27. The molecule has 0 N–H and O–H groups in total. The minimum atomic E-state index is -4.52. The minimum absolute atomic E-state index is 0.0736. The number of carbonyl (C=O) groups is 1. The number of oxime groups is 1. The molecule has 0 saturated carbocycles. The molecule has 7 nitrogen and oxygen atoms in total. The fourth-order valence-electron chi connectivity index (χ4n) is 4.28. The monoisotopic (exact) mass is 531 g/mol. The van der Waals surface area contributed by atoms with Crippen molar-refractivity contribution in [2.45, 2.75) is 44.9 Å². The number of benzene rings is 1. The van der Waals surface area contributed by atoms with E-state index in [1.165, 1.54) is 12.3 Å². The van der Waals surface area contributed by atoms with Gasteiger partial charge in [0, 0.05) is 54.3 Å². The van der Waals surface area contributed by atoms with Crippen molar-refractivity contribution in [2.24, 2.45) is 5.16 Å². The van der Waals surface area contributed by atoms with Crippen LogP contribution in [0.15, 0.2) is 78.5 Å². The summed E-state index contributed by atoms with van der Waals surface area (Å²) in [4.78, 5) is 35.8. The number of carbonyl (C=O) groups excluding carboxylic acids is 1. The Morgan fingerprint density at radius 2 is 1.77 bits per heavy atom. The smallest absolute Gasteiger partial charge is 0.385 e. The molecule has 39 heavy (non-hydrogen) atoms. The predicted octanol–water partition coefficient (Wildman–Crippen LogP) is 6.50. The SMILES string of the molecule is Cc1cnc(-c2cc(C(=O)C[C@H](C)c3ccc(C(F)(F)F)nc3)cc(C3=NOC(c4ccccn4)C3)c2)nc1. The van der Waals surface area contributed by atoms with Gasteiger partial charge in [0.05, 0.1) is 11.4 Å². The Kier molecular flexibility index (Phi) is 7.19. The number of ketones is 1. The van der Waals surface area contributed by atoms with E-state index in [0.717, 1.165) is 17.3 Å². The van der Waals surface area contributed by atoms with Crippen molar-refractivity contribution < 1.29 is 22.8 Å². The molecule has 4 aromatic rings. The van der Waals surface area contributed by atoms with Gasteiger partial charge in [-0.2, -0.15) is 13.2 Å². The zero-order chi connectivity index (χ0) is 27.6. The molecule has 1 unspecified atom stereocenters. The third-order valence-electron chi connectivity index (χ3n) is 6.45. The molecule has 1 aliphatic heterocycles. The van der Waals surface area contributed by atoms with E-state index in [2.05, 4.69) is 25.1 Å². The molecule has 0 saturated heterocycles. The van der Waals surface area contributed by atoms with Crippen LogP contribution in [0.3, 0.4) is 0 Å². The summed E-state index contributed by atoms with van der Waals surface area (Å²) in [7, 11) is 0. The maximum Gasteiger partial charge on any atom is 0.433 e. The van der Waals surface area contributed by atoms with E-state index in [1.807, 2.05) is 31.2 Å². The van der Waals surface area contributed by atoms with E-state index in [1.54, 1.807) is 37.6 Å². The lowest BCUT2D eigenvalue weighted by Crippen LogP contribution is -2.10. The van der Waals surface area contributed by atoms with E-state index in [0.29, 0.717) is 40.2 Å². The molecule has 2 atom stereocenters.